The average Bonchev–Trinajstić information content (AvgIpc) is 3.37. The first-order valence-corrected chi connectivity index (χ1v) is 10.3. The fourth-order valence-corrected chi connectivity index (χ4v) is 4.81. The van der Waals surface area contributed by atoms with Crippen LogP contribution in [0.15, 0.2) is 24.3 Å². The van der Waals surface area contributed by atoms with Crippen LogP contribution in [0.2, 0.25) is 0 Å². The summed E-state index contributed by atoms with van der Waals surface area (Å²) in [5, 5.41) is 0. The molecule has 1 aromatic rings. The van der Waals surface area contributed by atoms with Crippen molar-refractivity contribution in [1.29, 1.82) is 0 Å². The Morgan fingerprint density at radius 3 is 2.38 bits per heavy atom. The summed E-state index contributed by atoms with van der Waals surface area (Å²) < 4.78 is 38.9. The lowest BCUT2D eigenvalue weighted by Gasteiger charge is -2.38. The van der Waals surface area contributed by atoms with E-state index in [1.807, 2.05) is 4.90 Å². The fourth-order valence-electron chi connectivity index (χ4n) is 4.81. The smallest absolute Gasteiger partial charge is 0.340 e. The summed E-state index contributed by atoms with van der Waals surface area (Å²) in [6.07, 6.45) is 0.609. The number of carbonyl (C=O) groups is 2. The number of carbonyl (C=O) groups excluding carboxylic acids is 2. The quantitative estimate of drug-likeness (QED) is 0.771. The van der Waals surface area contributed by atoms with Crippen LogP contribution < -0.4 is 4.90 Å². The van der Waals surface area contributed by atoms with Gasteiger partial charge in [-0.2, -0.15) is 13.2 Å². The lowest BCUT2D eigenvalue weighted by Crippen LogP contribution is -2.52. The Hall–Kier alpha value is -2.09. The zero-order valence-corrected chi connectivity index (χ0v) is 16.3. The number of piperazine rings is 1. The van der Waals surface area contributed by atoms with Gasteiger partial charge in [-0.3, -0.25) is 14.5 Å². The van der Waals surface area contributed by atoms with Gasteiger partial charge in [-0.25, -0.2) is 0 Å². The maximum atomic E-state index is 13.0. The van der Waals surface area contributed by atoms with E-state index in [-0.39, 0.29) is 30.5 Å². The number of hydrogen-bond donors (Lipinski definition) is 0. The van der Waals surface area contributed by atoms with Gasteiger partial charge < -0.3 is 9.80 Å². The summed E-state index contributed by atoms with van der Waals surface area (Å²) in [6.45, 7) is 3.16. The predicted octanol–water partition coefficient (Wildman–Crippen LogP) is 3.15. The molecular formula is C21H26F3N3O2. The minimum Gasteiger partial charge on any atom is -0.340 e. The molecule has 8 heteroatoms. The van der Waals surface area contributed by atoms with Gasteiger partial charge in [0.25, 0.3) is 0 Å². The number of alkyl halides is 3. The first-order chi connectivity index (χ1) is 13.8. The molecule has 0 spiro atoms. The third-order valence-electron chi connectivity index (χ3n) is 6.43. The lowest BCUT2D eigenvalue weighted by atomic mass is 10.1. The van der Waals surface area contributed by atoms with Crippen LogP contribution >= 0.6 is 0 Å². The fraction of sp³-hybridized carbons (Fsp3) is 0.619. The Morgan fingerprint density at radius 1 is 1.03 bits per heavy atom. The molecule has 1 aliphatic carbocycles. The highest BCUT2D eigenvalue weighted by atomic mass is 19.4. The predicted molar refractivity (Wildman–Crippen MR) is 102 cm³/mol. The van der Waals surface area contributed by atoms with Crippen LogP contribution in [0.25, 0.3) is 0 Å². The van der Waals surface area contributed by atoms with Crippen molar-refractivity contribution < 1.29 is 22.8 Å². The Bertz CT molecular complexity index is 769. The van der Waals surface area contributed by atoms with Crippen molar-refractivity contribution in [3.8, 4) is 0 Å². The molecule has 0 aromatic heterocycles. The SMILES string of the molecule is O=C(C1CC(=O)N(c2cccc(C(F)(F)F)c2)C1)N1CCN(C2CCCC2)CC1. The third-order valence-corrected chi connectivity index (χ3v) is 6.43. The van der Waals surface area contributed by atoms with E-state index in [1.165, 1.54) is 42.7 Å². The van der Waals surface area contributed by atoms with Crippen molar-refractivity contribution in [3.05, 3.63) is 29.8 Å². The molecule has 2 saturated heterocycles. The topological polar surface area (TPSA) is 43.9 Å². The number of anilines is 1. The van der Waals surface area contributed by atoms with E-state index < -0.39 is 17.7 Å². The summed E-state index contributed by atoms with van der Waals surface area (Å²) in [5.74, 6) is -0.846. The van der Waals surface area contributed by atoms with E-state index in [1.54, 1.807) is 0 Å². The molecule has 0 N–H and O–H groups in total. The van der Waals surface area contributed by atoms with Gasteiger partial charge in [-0.1, -0.05) is 18.9 Å². The van der Waals surface area contributed by atoms with Crippen molar-refractivity contribution in [2.75, 3.05) is 37.6 Å². The molecule has 158 valence electrons. The molecular weight excluding hydrogens is 383 g/mol. The molecule has 29 heavy (non-hydrogen) atoms. The molecule has 0 bridgehead atoms. The number of hydrogen-bond acceptors (Lipinski definition) is 3. The molecule has 1 aromatic carbocycles. The highest BCUT2D eigenvalue weighted by Crippen LogP contribution is 2.34. The van der Waals surface area contributed by atoms with Crippen molar-refractivity contribution >= 4 is 17.5 Å². The number of nitrogens with zero attached hydrogens (tertiary/aromatic N) is 3. The highest BCUT2D eigenvalue weighted by Gasteiger charge is 2.39. The van der Waals surface area contributed by atoms with E-state index in [9.17, 15) is 22.8 Å². The van der Waals surface area contributed by atoms with E-state index in [0.717, 1.165) is 25.2 Å². The van der Waals surface area contributed by atoms with Gasteiger partial charge in [0.1, 0.15) is 0 Å². The van der Waals surface area contributed by atoms with Gasteiger partial charge in [0, 0.05) is 50.9 Å². The maximum absolute atomic E-state index is 13.0. The molecule has 1 unspecified atom stereocenters. The van der Waals surface area contributed by atoms with Crippen LogP contribution in [0.1, 0.15) is 37.7 Å². The first kappa shape index (κ1) is 20.2. The van der Waals surface area contributed by atoms with Crippen molar-refractivity contribution in [1.82, 2.24) is 9.80 Å². The second-order valence-electron chi connectivity index (χ2n) is 8.25. The van der Waals surface area contributed by atoms with E-state index in [2.05, 4.69) is 4.90 Å². The molecule has 2 aliphatic heterocycles. The van der Waals surface area contributed by atoms with Crippen molar-refractivity contribution in [2.24, 2.45) is 5.92 Å². The molecule has 5 nitrogen and oxygen atoms in total. The van der Waals surface area contributed by atoms with Crippen LogP contribution in [0.3, 0.4) is 0 Å². The standard InChI is InChI=1S/C21H26F3N3O2/c22-21(23,24)16-4-3-7-18(13-16)27-14-15(12-19(27)28)20(29)26-10-8-25(9-11-26)17-5-1-2-6-17/h3-4,7,13,15,17H,1-2,5-6,8-12,14H2. The molecule has 3 aliphatic rings. The van der Waals surface area contributed by atoms with Gasteiger partial charge in [0.2, 0.25) is 11.8 Å². The van der Waals surface area contributed by atoms with Crippen LogP contribution in [-0.4, -0.2) is 60.4 Å². The zero-order chi connectivity index (χ0) is 20.6. The van der Waals surface area contributed by atoms with E-state index >= 15 is 0 Å². The van der Waals surface area contributed by atoms with Crippen LogP contribution in [-0.2, 0) is 15.8 Å². The van der Waals surface area contributed by atoms with Gasteiger partial charge in [0.15, 0.2) is 0 Å². The van der Waals surface area contributed by atoms with E-state index in [4.69, 9.17) is 0 Å². The Balaban J connectivity index is 1.37. The van der Waals surface area contributed by atoms with Gasteiger partial charge >= 0.3 is 6.18 Å². The van der Waals surface area contributed by atoms with Gasteiger partial charge in [-0.05, 0) is 31.0 Å². The normalized spacial score (nSPS) is 24.5. The third kappa shape index (κ3) is 4.27. The maximum Gasteiger partial charge on any atom is 0.416 e. The first-order valence-electron chi connectivity index (χ1n) is 10.3. The summed E-state index contributed by atoms with van der Waals surface area (Å²) in [6, 6.07) is 5.38. The minimum absolute atomic E-state index is 0.0535. The Morgan fingerprint density at radius 2 is 1.72 bits per heavy atom. The molecule has 2 amide bonds. The van der Waals surface area contributed by atoms with Gasteiger partial charge in [0.05, 0.1) is 11.5 Å². The number of rotatable bonds is 3. The van der Waals surface area contributed by atoms with Crippen molar-refractivity contribution in [3.63, 3.8) is 0 Å². The molecule has 0 radical (unpaired) electrons. The lowest BCUT2D eigenvalue weighted by molar-refractivity contribution is -0.138. The van der Waals surface area contributed by atoms with Gasteiger partial charge in [-0.15, -0.1) is 0 Å². The zero-order valence-electron chi connectivity index (χ0n) is 16.3. The summed E-state index contributed by atoms with van der Waals surface area (Å²) in [5.41, 5.74) is -0.591. The van der Waals surface area contributed by atoms with E-state index in [0.29, 0.717) is 19.1 Å². The molecule has 1 saturated carbocycles. The number of halogens is 3. The minimum atomic E-state index is -4.47. The molecule has 1 atom stereocenters. The number of benzene rings is 1. The summed E-state index contributed by atoms with van der Waals surface area (Å²) in [7, 11) is 0. The van der Waals surface area contributed by atoms with Crippen molar-refractivity contribution in [2.45, 2.75) is 44.3 Å². The molecule has 3 fully saturated rings. The van der Waals surface area contributed by atoms with Crippen LogP contribution in [0.5, 0.6) is 0 Å². The monoisotopic (exact) mass is 409 g/mol. The Kier molecular flexibility index (Phi) is 5.55. The molecule has 4 rings (SSSR count). The summed E-state index contributed by atoms with van der Waals surface area (Å²) >= 11 is 0. The van der Waals surface area contributed by atoms with Crippen LogP contribution in [0.4, 0.5) is 18.9 Å². The number of amides is 2. The second kappa shape index (κ2) is 7.97. The Labute approximate surface area is 168 Å². The second-order valence-corrected chi connectivity index (χ2v) is 8.25. The highest BCUT2D eigenvalue weighted by molar-refractivity contribution is 6.00. The summed E-state index contributed by atoms with van der Waals surface area (Å²) in [4.78, 5) is 30.9. The molecule has 2 heterocycles. The average molecular weight is 409 g/mol. The largest absolute Gasteiger partial charge is 0.416 e. The van der Waals surface area contributed by atoms with Crippen LogP contribution in [0, 0.1) is 5.92 Å².